The van der Waals surface area contributed by atoms with E-state index in [1.807, 2.05) is 104 Å². The number of non-ortho nitro benzene ring substituents is 3. The fraction of sp³-hybridized carbons (Fsp3) is 0.319. The molecule has 1 unspecified atom stereocenters. The van der Waals surface area contributed by atoms with Gasteiger partial charge in [-0.15, -0.1) is 10.2 Å². The maximum absolute atomic E-state index is 11.2. The monoisotopic (exact) mass is 1350 g/mol. The Morgan fingerprint density at radius 3 is 1.20 bits per heavy atom. The molecule has 9 aromatic carbocycles. The number of anilines is 4. The topological polar surface area (TPSA) is 291 Å². The molecule has 0 amide bonds. The van der Waals surface area contributed by atoms with Crippen molar-refractivity contribution in [1.82, 2.24) is 4.67 Å². The number of nitrogens with zero attached hydrogens (tertiary/aromatic N) is 12. The number of azo groups is 2. The first-order valence-corrected chi connectivity index (χ1v) is 33.0. The van der Waals surface area contributed by atoms with Gasteiger partial charge in [0, 0.05) is 108 Å². The van der Waals surface area contributed by atoms with Crippen LogP contribution in [0.15, 0.2) is 209 Å². The van der Waals surface area contributed by atoms with Crippen molar-refractivity contribution in [3.63, 3.8) is 0 Å². The molecule has 510 valence electrons. The number of nitrogens with two attached hydrogens (primary N) is 1. The SMILES string of the molecule is C.C.CC(C)N(C(C)C)P(Cl)OCCC#N.CCCN(CC)c1ccc(N=Nc2ccc([N+](=O)[O-])c3ccccc23)cc1.CCN(CCO)c1ccc(N=Nc2ccc([N+](=O)[O-])c3ccccc23)cc1.CCN(CCO)c1ccccc1.Nc1ccc([N+](=O)[O-])c2ccccc12. The largest absolute Gasteiger partial charge is 0.398 e. The average molecular weight is 1350 g/mol. The Bertz CT molecular complexity index is 3770. The minimum Gasteiger partial charge on any atom is -0.398 e. The van der Waals surface area contributed by atoms with Gasteiger partial charge in [-0.3, -0.25) is 30.3 Å². The van der Waals surface area contributed by atoms with Crippen molar-refractivity contribution < 1.29 is 29.5 Å². The van der Waals surface area contributed by atoms with E-state index < -0.39 is 17.5 Å². The Morgan fingerprint density at radius 1 is 0.500 bits per heavy atom. The standard InChI is InChI=1S/C21H22N4O2.C20H20N4O3.C10H8N2O2.C10H15NO.C9H18ClN2OP.2CH4/c1-3-15-24(4-2)17-11-9-16(10-12-17)22-23-20-13-14-21(25(26)27)19-8-6-5-7-18(19)20;1-2-23(13-14-25)16-9-7-15(8-10-16)21-22-19-11-12-20(24(26)27)18-6-4-3-5-17(18)19;11-9-5-6-10(12(13)14)8-4-2-1-3-7(8)9;1-2-11(8-9-12)10-6-4-3-5-7-10;1-8(2)12(9(3)4)14(10)13-7-5-6-11;;/h5-14H,3-4,15H2,1-2H3;3-12,25H,2,13-14H2,1H3;1-6H,11H2;3-7,12H,2,8-9H2,1H3;8-9H,5,7H2,1-4H3;2*1H4. The van der Waals surface area contributed by atoms with Crippen molar-refractivity contribution in [2.45, 2.75) is 95.2 Å². The summed E-state index contributed by atoms with van der Waals surface area (Å²) in [4.78, 5) is 38.4. The normalized spacial score (nSPS) is 11.0. The minimum atomic E-state index is -1.08. The van der Waals surface area contributed by atoms with E-state index in [2.05, 4.69) is 100 Å². The molecule has 22 nitrogen and oxygen atoms in total. The molecule has 4 N–H and O–H groups in total. The summed E-state index contributed by atoms with van der Waals surface area (Å²) < 4.78 is 7.52. The zero-order valence-electron chi connectivity index (χ0n) is 54.4. The van der Waals surface area contributed by atoms with Gasteiger partial charge < -0.3 is 35.2 Å². The molecule has 0 aliphatic rings. The van der Waals surface area contributed by atoms with Crippen molar-refractivity contribution in [2.24, 2.45) is 20.5 Å². The third-order valence-electron chi connectivity index (χ3n) is 14.4. The molecule has 0 saturated heterocycles. The van der Waals surface area contributed by atoms with E-state index in [1.54, 1.807) is 66.7 Å². The van der Waals surface area contributed by atoms with Gasteiger partial charge in [-0.05, 0) is 163 Å². The first-order chi connectivity index (χ1) is 45.4. The van der Waals surface area contributed by atoms with Crippen LogP contribution in [-0.4, -0.2) is 101 Å². The number of nitro groups is 3. The Kier molecular flexibility index (Phi) is 35.9. The van der Waals surface area contributed by atoms with Crippen LogP contribution in [0.3, 0.4) is 0 Å². The maximum Gasteiger partial charge on any atom is 0.277 e. The summed E-state index contributed by atoms with van der Waals surface area (Å²) in [6.07, 6.45) is 1.50. The molecule has 0 aliphatic carbocycles. The average Bonchev–Trinajstić information content (AvgIpc) is 0.813. The number of rotatable bonds is 25. The fourth-order valence-electron chi connectivity index (χ4n) is 9.93. The summed E-state index contributed by atoms with van der Waals surface area (Å²) in [5.74, 6) is 0. The van der Waals surface area contributed by atoms with E-state index in [0.29, 0.717) is 87.9 Å². The lowest BCUT2D eigenvalue weighted by Gasteiger charge is -2.32. The predicted octanol–water partition coefficient (Wildman–Crippen LogP) is 20.0. The highest BCUT2D eigenvalue weighted by Gasteiger charge is 2.23. The highest BCUT2D eigenvalue weighted by molar-refractivity contribution is 7.78. The highest BCUT2D eigenvalue weighted by atomic mass is 35.7. The minimum absolute atomic E-state index is 0. The first-order valence-electron chi connectivity index (χ1n) is 30.9. The number of fused-ring (bicyclic) bond motifs is 3. The first kappa shape index (κ1) is 80.6. The lowest BCUT2D eigenvalue weighted by atomic mass is 10.1. The number of likely N-dealkylation sites (N-methyl/N-ethyl adjacent to an activating group) is 2. The molecule has 0 heterocycles. The van der Waals surface area contributed by atoms with E-state index >= 15 is 0 Å². The van der Waals surface area contributed by atoms with Crippen LogP contribution in [0.25, 0.3) is 32.3 Å². The number of para-hydroxylation sites is 1. The van der Waals surface area contributed by atoms with Crippen molar-refractivity contribution >= 4 is 114 Å². The Hall–Kier alpha value is -9.59. The predicted molar refractivity (Wildman–Crippen MR) is 397 cm³/mol. The van der Waals surface area contributed by atoms with Gasteiger partial charge >= 0.3 is 0 Å². The number of halogens is 1. The van der Waals surface area contributed by atoms with Crippen molar-refractivity contribution in [3.05, 3.63) is 218 Å². The van der Waals surface area contributed by atoms with Crippen molar-refractivity contribution in [2.75, 3.05) is 79.5 Å². The van der Waals surface area contributed by atoms with Crippen LogP contribution in [0, 0.1) is 41.7 Å². The zero-order valence-corrected chi connectivity index (χ0v) is 56.0. The Balaban J connectivity index is 0.000000325. The van der Waals surface area contributed by atoms with E-state index in [9.17, 15) is 30.3 Å². The third-order valence-corrected chi connectivity index (χ3v) is 16.9. The highest BCUT2D eigenvalue weighted by Crippen LogP contribution is 2.49. The molecule has 0 radical (unpaired) electrons. The van der Waals surface area contributed by atoms with Crippen molar-refractivity contribution in [3.8, 4) is 6.07 Å². The summed E-state index contributed by atoms with van der Waals surface area (Å²) in [6, 6.07) is 58.9. The summed E-state index contributed by atoms with van der Waals surface area (Å²) in [5.41, 5.74) is 12.4. The van der Waals surface area contributed by atoms with Gasteiger partial charge in [0.05, 0.1) is 86.0 Å². The van der Waals surface area contributed by atoms with Crippen LogP contribution < -0.4 is 20.4 Å². The van der Waals surface area contributed by atoms with Gasteiger partial charge in [0.1, 0.15) is 0 Å². The number of aliphatic hydroxyl groups excluding tert-OH is 2. The number of nitriles is 1. The van der Waals surface area contributed by atoms with Gasteiger partial charge in [-0.25, -0.2) is 4.67 Å². The fourth-order valence-corrected chi connectivity index (χ4v) is 12.3. The molecule has 0 aliphatic heterocycles. The van der Waals surface area contributed by atoms with Crippen LogP contribution in [0.2, 0.25) is 0 Å². The second-order valence-electron chi connectivity index (χ2n) is 21.3. The third kappa shape index (κ3) is 24.0. The van der Waals surface area contributed by atoms with Crippen LogP contribution in [0.1, 0.15) is 83.1 Å². The molecular weight excluding hydrogens is 1260 g/mol. The lowest BCUT2D eigenvalue weighted by molar-refractivity contribution is -0.383. The van der Waals surface area contributed by atoms with Gasteiger partial charge in [0.2, 0.25) is 7.65 Å². The number of hydrogen-bond acceptors (Lipinski definition) is 19. The van der Waals surface area contributed by atoms with Gasteiger partial charge in [-0.1, -0.05) is 94.6 Å². The molecule has 0 aromatic heterocycles. The molecule has 0 saturated carbocycles. The molecule has 0 bridgehead atoms. The molecule has 9 aromatic rings. The second kappa shape index (κ2) is 42.7. The maximum atomic E-state index is 11.2. The quantitative estimate of drug-likeness (QED) is 0.0120. The molecule has 96 heavy (non-hydrogen) atoms. The van der Waals surface area contributed by atoms with Crippen LogP contribution in [0.5, 0.6) is 0 Å². The Labute approximate surface area is 570 Å². The van der Waals surface area contributed by atoms with Crippen molar-refractivity contribution in [1.29, 1.82) is 5.26 Å². The molecule has 1 atom stereocenters. The number of nitro benzene ring substituents is 3. The second-order valence-corrected chi connectivity index (χ2v) is 23.3. The smallest absolute Gasteiger partial charge is 0.277 e. The molecule has 0 spiro atoms. The van der Waals surface area contributed by atoms with E-state index in [-0.39, 0.29) is 50.1 Å². The summed E-state index contributed by atoms with van der Waals surface area (Å²) in [7, 11) is -1.08. The number of nitrogen functional groups attached to an aromatic ring is 1. The molecule has 9 rings (SSSR count). The number of benzene rings is 9. The van der Waals surface area contributed by atoms with Crippen LogP contribution in [0.4, 0.5) is 62.6 Å². The van der Waals surface area contributed by atoms with E-state index in [0.717, 1.165) is 49.4 Å². The lowest BCUT2D eigenvalue weighted by Crippen LogP contribution is -2.31. The summed E-state index contributed by atoms with van der Waals surface area (Å²) in [5, 5.41) is 80.3. The van der Waals surface area contributed by atoms with Crippen LogP contribution >= 0.6 is 18.9 Å². The number of hydrogen-bond donors (Lipinski definition) is 3. The summed E-state index contributed by atoms with van der Waals surface area (Å²) >= 11 is 6.13. The zero-order chi connectivity index (χ0) is 68.5. The van der Waals surface area contributed by atoms with Gasteiger partial charge in [0.15, 0.2) is 0 Å². The van der Waals surface area contributed by atoms with E-state index in [4.69, 9.17) is 37.0 Å². The van der Waals surface area contributed by atoms with Gasteiger partial charge in [-0.2, -0.15) is 15.5 Å². The molecule has 24 heteroatoms. The molecule has 0 fully saturated rings. The molecular formula is C72H91ClN13O9P. The number of aliphatic hydroxyl groups is 2. The van der Waals surface area contributed by atoms with E-state index in [1.165, 1.54) is 29.6 Å². The summed E-state index contributed by atoms with van der Waals surface area (Å²) in [6.45, 7) is 22.5. The van der Waals surface area contributed by atoms with Gasteiger partial charge in [0.25, 0.3) is 17.1 Å². The van der Waals surface area contributed by atoms with Crippen LogP contribution in [-0.2, 0) is 4.52 Å². The Morgan fingerprint density at radius 2 is 0.844 bits per heavy atom.